The predicted molar refractivity (Wildman–Crippen MR) is 107 cm³/mol. The molecule has 0 saturated carbocycles. The molecule has 2 N–H and O–H groups in total. The largest absolute Gasteiger partial charge is 0.497 e. The van der Waals surface area contributed by atoms with E-state index in [1.165, 1.54) is 44.6 Å². The summed E-state index contributed by atoms with van der Waals surface area (Å²) in [4.78, 5) is 0. The molecule has 1 aromatic rings. The van der Waals surface area contributed by atoms with Crippen molar-refractivity contribution >= 4 is 40.9 Å². The summed E-state index contributed by atoms with van der Waals surface area (Å²) in [7, 11) is 1.70. The summed E-state index contributed by atoms with van der Waals surface area (Å²) in [5, 5.41) is 7.65. The number of hydrogen-bond donors (Lipinski definition) is 2. The van der Waals surface area contributed by atoms with Crippen LogP contribution < -0.4 is 15.4 Å². The van der Waals surface area contributed by atoms with E-state index < -0.39 is 0 Å². The molecule has 1 aliphatic carbocycles. The standard InChI is InChI=1S/C18H20N2OS3/c1-21-12-7-5-11(6-8-12)15-13-3-2-4-14(17-23-9-10-24-17)16(13)20-18(22)19-15/h5-8,15H,2-4,9-10H2,1H3,(H2,19,20,22)/t15-/m0/s1. The highest BCUT2D eigenvalue weighted by molar-refractivity contribution is 8.25. The first-order valence-electron chi connectivity index (χ1n) is 8.20. The van der Waals surface area contributed by atoms with Crippen molar-refractivity contribution in [2.24, 2.45) is 0 Å². The summed E-state index contributed by atoms with van der Waals surface area (Å²) in [6.07, 6.45) is 3.47. The number of hydrogen-bond acceptors (Lipinski definition) is 4. The van der Waals surface area contributed by atoms with Gasteiger partial charge in [-0.1, -0.05) is 12.1 Å². The molecule has 1 atom stereocenters. The molecular formula is C18H20N2OS3. The predicted octanol–water partition coefficient (Wildman–Crippen LogP) is 4.34. The Morgan fingerprint density at radius 1 is 1.12 bits per heavy atom. The van der Waals surface area contributed by atoms with Crippen LogP contribution in [0, 0.1) is 0 Å². The highest BCUT2D eigenvalue weighted by atomic mass is 32.2. The molecule has 3 aliphatic rings. The second-order valence-corrected chi connectivity index (χ2v) is 8.90. The summed E-state index contributed by atoms with van der Waals surface area (Å²) in [6, 6.07) is 8.47. The molecule has 0 spiro atoms. The second kappa shape index (κ2) is 7.02. The number of thiocarbonyl (C=S) groups is 1. The van der Waals surface area contributed by atoms with Crippen molar-refractivity contribution in [3.8, 4) is 5.75 Å². The monoisotopic (exact) mass is 376 g/mol. The van der Waals surface area contributed by atoms with Crippen LogP contribution in [0.15, 0.2) is 45.3 Å². The Balaban J connectivity index is 1.75. The van der Waals surface area contributed by atoms with Crippen LogP contribution in [0.1, 0.15) is 30.9 Å². The van der Waals surface area contributed by atoms with Crippen molar-refractivity contribution in [1.29, 1.82) is 0 Å². The molecule has 6 heteroatoms. The number of rotatable bonds is 2. The van der Waals surface area contributed by atoms with Gasteiger partial charge in [0.25, 0.3) is 0 Å². The average molecular weight is 377 g/mol. The minimum absolute atomic E-state index is 0.159. The lowest BCUT2D eigenvalue weighted by Crippen LogP contribution is -2.45. The number of nitrogens with one attached hydrogen (secondary N) is 2. The normalized spacial score (nSPS) is 23.7. The molecule has 1 fully saturated rings. The number of ether oxygens (including phenoxy) is 1. The van der Waals surface area contributed by atoms with E-state index in [4.69, 9.17) is 17.0 Å². The van der Waals surface area contributed by atoms with E-state index in [9.17, 15) is 0 Å². The lowest BCUT2D eigenvalue weighted by molar-refractivity contribution is 0.414. The molecular weight excluding hydrogens is 356 g/mol. The van der Waals surface area contributed by atoms with Crippen molar-refractivity contribution in [2.45, 2.75) is 25.3 Å². The van der Waals surface area contributed by atoms with Gasteiger partial charge in [0.05, 0.1) is 13.2 Å². The Bertz CT molecular complexity index is 716. The van der Waals surface area contributed by atoms with Gasteiger partial charge in [-0.15, -0.1) is 23.5 Å². The molecule has 2 heterocycles. The van der Waals surface area contributed by atoms with E-state index in [-0.39, 0.29) is 6.04 Å². The maximum Gasteiger partial charge on any atom is 0.171 e. The highest BCUT2D eigenvalue weighted by Crippen LogP contribution is 2.46. The third-order valence-electron chi connectivity index (χ3n) is 4.60. The molecule has 3 nitrogen and oxygen atoms in total. The summed E-state index contributed by atoms with van der Waals surface area (Å²) < 4.78 is 6.78. The molecule has 126 valence electrons. The Labute approximate surface area is 156 Å². The Hall–Kier alpha value is -1.11. The molecule has 1 saturated heterocycles. The van der Waals surface area contributed by atoms with Crippen LogP contribution in [0.4, 0.5) is 0 Å². The van der Waals surface area contributed by atoms with Gasteiger partial charge in [-0.2, -0.15) is 0 Å². The van der Waals surface area contributed by atoms with E-state index >= 15 is 0 Å². The highest BCUT2D eigenvalue weighted by Gasteiger charge is 2.32. The van der Waals surface area contributed by atoms with Crippen molar-refractivity contribution in [3.63, 3.8) is 0 Å². The topological polar surface area (TPSA) is 33.3 Å². The van der Waals surface area contributed by atoms with Gasteiger partial charge in [0, 0.05) is 21.4 Å². The van der Waals surface area contributed by atoms with Gasteiger partial charge in [0.2, 0.25) is 0 Å². The molecule has 0 amide bonds. The fourth-order valence-corrected chi connectivity index (χ4v) is 6.33. The Kier molecular flexibility index (Phi) is 4.79. The van der Waals surface area contributed by atoms with Crippen LogP contribution >= 0.6 is 35.7 Å². The summed E-state index contributed by atoms with van der Waals surface area (Å²) in [6.45, 7) is 0. The van der Waals surface area contributed by atoms with Crippen LogP contribution in [0.5, 0.6) is 5.75 Å². The van der Waals surface area contributed by atoms with Crippen molar-refractivity contribution in [3.05, 3.63) is 50.9 Å². The zero-order chi connectivity index (χ0) is 16.5. The maximum absolute atomic E-state index is 5.51. The van der Waals surface area contributed by atoms with Crippen LogP contribution in [0.25, 0.3) is 0 Å². The first-order valence-corrected chi connectivity index (χ1v) is 10.6. The lowest BCUT2D eigenvalue weighted by atomic mass is 9.84. The van der Waals surface area contributed by atoms with E-state index in [2.05, 4.69) is 22.8 Å². The van der Waals surface area contributed by atoms with E-state index in [0.29, 0.717) is 0 Å². The fourth-order valence-electron chi connectivity index (χ4n) is 3.48. The fraction of sp³-hybridized carbons (Fsp3) is 0.389. The number of thioether (sulfide) groups is 2. The Morgan fingerprint density at radius 2 is 1.88 bits per heavy atom. The van der Waals surface area contributed by atoms with Crippen LogP contribution in [-0.4, -0.2) is 23.7 Å². The van der Waals surface area contributed by atoms with Gasteiger partial charge in [0.15, 0.2) is 5.11 Å². The van der Waals surface area contributed by atoms with Crippen molar-refractivity contribution in [2.75, 3.05) is 18.6 Å². The summed E-state index contributed by atoms with van der Waals surface area (Å²) in [5.74, 6) is 3.32. The molecule has 2 aliphatic heterocycles. The SMILES string of the molecule is COc1ccc([C@@H]2NC(=S)NC3=C2CCCC3=C2SCCS2)cc1. The summed E-state index contributed by atoms with van der Waals surface area (Å²) >= 11 is 9.50. The first kappa shape index (κ1) is 16.4. The molecule has 0 aromatic heterocycles. The van der Waals surface area contributed by atoms with Crippen molar-refractivity contribution in [1.82, 2.24) is 10.6 Å². The van der Waals surface area contributed by atoms with E-state index in [1.54, 1.807) is 7.11 Å². The van der Waals surface area contributed by atoms with E-state index in [0.717, 1.165) is 23.7 Å². The smallest absolute Gasteiger partial charge is 0.171 e. The minimum atomic E-state index is 0.159. The van der Waals surface area contributed by atoms with Crippen LogP contribution in [-0.2, 0) is 0 Å². The first-order chi connectivity index (χ1) is 11.8. The Morgan fingerprint density at radius 3 is 2.58 bits per heavy atom. The average Bonchev–Trinajstić information content (AvgIpc) is 3.15. The molecule has 0 bridgehead atoms. The third-order valence-corrected chi connectivity index (χ3v) is 7.62. The maximum atomic E-state index is 5.51. The van der Waals surface area contributed by atoms with Gasteiger partial charge < -0.3 is 15.4 Å². The lowest BCUT2D eigenvalue weighted by Gasteiger charge is -2.36. The summed E-state index contributed by atoms with van der Waals surface area (Å²) in [5.41, 5.74) is 5.44. The van der Waals surface area contributed by atoms with Gasteiger partial charge in [-0.05, 0) is 60.3 Å². The third kappa shape index (κ3) is 3.07. The van der Waals surface area contributed by atoms with Crippen LogP contribution in [0.3, 0.4) is 0 Å². The molecule has 1 aromatic carbocycles. The quantitative estimate of drug-likeness (QED) is 0.747. The van der Waals surface area contributed by atoms with Gasteiger partial charge in [-0.3, -0.25) is 0 Å². The molecule has 0 radical (unpaired) electrons. The van der Waals surface area contributed by atoms with Crippen LogP contribution in [0.2, 0.25) is 0 Å². The zero-order valence-corrected chi connectivity index (χ0v) is 16.0. The van der Waals surface area contributed by atoms with E-state index in [1.807, 2.05) is 35.7 Å². The number of allylic oxidation sites excluding steroid dienone is 1. The zero-order valence-electron chi connectivity index (χ0n) is 13.6. The molecule has 0 unspecified atom stereocenters. The van der Waals surface area contributed by atoms with Crippen molar-refractivity contribution < 1.29 is 4.74 Å². The van der Waals surface area contributed by atoms with Gasteiger partial charge in [-0.25, -0.2) is 0 Å². The second-order valence-electron chi connectivity index (χ2n) is 6.02. The molecule has 24 heavy (non-hydrogen) atoms. The molecule has 4 rings (SSSR count). The van der Waals surface area contributed by atoms with Gasteiger partial charge in [0.1, 0.15) is 5.75 Å². The minimum Gasteiger partial charge on any atom is -0.497 e. The number of benzene rings is 1. The number of methoxy groups -OCH3 is 1. The van der Waals surface area contributed by atoms with Gasteiger partial charge >= 0.3 is 0 Å².